The zero-order valence-electron chi connectivity index (χ0n) is 15.1. The Labute approximate surface area is 148 Å². The molecular weight excluding hydrogens is 312 g/mol. The van der Waals surface area contributed by atoms with Gasteiger partial charge in [0, 0.05) is 11.4 Å². The summed E-state index contributed by atoms with van der Waals surface area (Å²) in [5.41, 5.74) is 5.93. The maximum Gasteiger partial charge on any atom is 0.228 e. The highest BCUT2D eigenvalue weighted by Gasteiger charge is 2.48. The lowest BCUT2D eigenvalue weighted by Gasteiger charge is -2.12. The van der Waals surface area contributed by atoms with Crippen LogP contribution in [0.1, 0.15) is 28.7 Å². The molecule has 0 aromatic heterocycles. The third-order valence-corrected chi connectivity index (χ3v) is 4.83. The summed E-state index contributed by atoms with van der Waals surface area (Å²) in [4.78, 5) is 24.9. The van der Waals surface area contributed by atoms with E-state index in [2.05, 4.69) is 10.6 Å². The van der Waals surface area contributed by atoms with E-state index in [1.165, 1.54) is 0 Å². The van der Waals surface area contributed by atoms with E-state index in [0.29, 0.717) is 6.42 Å². The normalized spacial score (nSPS) is 18.6. The minimum absolute atomic E-state index is 0.0711. The van der Waals surface area contributed by atoms with E-state index in [1.54, 1.807) is 0 Å². The van der Waals surface area contributed by atoms with Crippen molar-refractivity contribution < 1.29 is 9.59 Å². The fraction of sp³-hybridized carbons (Fsp3) is 0.333. The minimum Gasteiger partial charge on any atom is -0.326 e. The average Bonchev–Trinajstić information content (AvgIpc) is 3.34. The third-order valence-electron chi connectivity index (χ3n) is 4.83. The molecule has 2 atom stereocenters. The molecule has 130 valence electrons. The number of hydrogen-bond acceptors (Lipinski definition) is 2. The molecule has 1 saturated carbocycles. The number of rotatable bonds is 4. The highest BCUT2D eigenvalue weighted by Crippen LogP contribution is 2.40. The highest BCUT2D eigenvalue weighted by atomic mass is 16.2. The molecule has 25 heavy (non-hydrogen) atoms. The number of amides is 2. The fourth-order valence-corrected chi connectivity index (χ4v) is 3.18. The molecule has 0 radical (unpaired) electrons. The molecule has 4 nitrogen and oxygen atoms in total. The summed E-state index contributed by atoms with van der Waals surface area (Å²) in [5.74, 6) is -0.637. The van der Waals surface area contributed by atoms with Crippen LogP contribution in [0.4, 0.5) is 11.4 Å². The van der Waals surface area contributed by atoms with Crippen LogP contribution in [0.2, 0.25) is 0 Å². The van der Waals surface area contributed by atoms with Gasteiger partial charge in [-0.25, -0.2) is 0 Å². The Balaban J connectivity index is 1.62. The number of anilines is 2. The number of hydrogen-bond donors (Lipinski definition) is 2. The Kier molecular flexibility index (Phi) is 4.62. The predicted molar refractivity (Wildman–Crippen MR) is 101 cm³/mol. The van der Waals surface area contributed by atoms with Gasteiger partial charge in [-0.2, -0.15) is 0 Å². The smallest absolute Gasteiger partial charge is 0.228 e. The summed E-state index contributed by atoms with van der Waals surface area (Å²) in [7, 11) is 0. The molecular formula is C21H24N2O2. The van der Waals surface area contributed by atoms with Crippen LogP contribution in [-0.4, -0.2) is 11.8 Å². The minimum atomic E-state index is -0.246. The summed E-state index contributed by atoms with van der Waals surface area (Å²) in [6, 6.07) is 11.8. The van der Waals surface area contributed by atoms with Gasteiger partial charge in [0.25, 0.3) is 0 Å². The van der Waals surface area contributed by atoms with Crippen LogP contribution < -0.4 is 10.6 Å². The standard InChI is InChI=1S/C21H24N2O2/c1-12-8-9-18(15(4)10-12)22-20(24)16-11-17(16)21(25)23-19-13(2)6-5-7-14(19)3/h5-10,16-17H,11H2,1-4H3,(H,22,24)(H,23,25). The van der Waals surface area contributed by atoms with Gasteiger partial charge >= 0.3 is 0 Å². The van der Waals surface area contributed by atoms with E-state index in [-0.39, 0.29) is 23.7 Å². The van der Waals surface area contributed by atoms with Crippen LogP contribution in [0, 0.1) is 39.5 Å². The Hall–Kier alpha value is -2.62. The SMILES string of the molecule is Cc1ccc(NC(=O)C2CC2C(=O)Nc2c(C)cccc2C)c(C)c1. The molecule has 4 heteroatoms. The Bertz CT molecular complexity index is 822. The molecule has 0 spiro atoms. The van der Waals surface area contributed by atoms with E-state index in [9.17, 15) is 9.59 Å². The van der Waals surface area contributed by atoms with Gasteiger partial charge < -0.3 is 10.6 Å². The Morgan fingerprint density at radius 3 is 2.04 bits per heavy atom. The second-order valence-electron chi connectivity index (χ2n) is 7.01. The summed E-state index contributed by atoms with van der Waals surface area (Å²) >= 11 is 0. The van der Waals surface area contributed by atoms with E-state index in [1.807, 2.05) is 64.1 Å². The van der Waals surface area contributed by atoms with Crippen LogP contribution in [0.3, 0.4) is 0 Å². The van der Waals surface area contributed by atoms with E-state index in [0.717, 1.165) is 33.6 Å². The molecule has 2 unspecified atom stereocenters. The van der Waals surface area contributed by atoms with Gasteiger partial charge in [0.2, 0.25) is 11.8 Å². The van der Waals surface area contributed by atoms with E-state index < -0.39 is 0 Å². The molecule has 2 amide bonds. The average molecular weight is 336 g/mol. The maximum absolute atomic E-state index is 12.5. The first-order valence-electron chi connectivity index (χ1n) is 8.62. The second-order valence-corrected chi connectivity index (χ2v) is 7.01. The molecule has 0 heterocycles. The number of carbonyl (C=O) groups excluding carboxylic acids is 2. The number of aryl methyl sites for hydroxylation is 4. The van der Waals surface area contributed by atoms with Crippen molar-refractivity contribution in [2.45, 2.75) is 34.1 Å². The van der Waals surface area contributed by atoms with Crippen LogP contribution >= 0.6 is 0 Å². The van der Waals surface area contributed by atoms with E-state index >= 15 is 0 Å². The Morgan fingerprint density at radius 2 is 1.44 bits per heavy atom. The van der Waals surface area contributed by atoms with Gasteiger partial charge in [0.15, 0.2) is 0 Å². The van der Waals surface area contributed by atoms with Gasteiger partial charge in [-0.15, -0.1) is 0 Å². The van der Waals surface area contributed by atoms with Crippen molar-refractivity contribution >= 4 is 23.2 Å². The van der Waals surface area contributed by atoms with Gasteiger partial charge in [0.05, 0.1) is 11.8 Å². The predicted octanol–water partition coefficient (Wildman–Crippen LogP) is 4.13. The zero-order chi connectivity index (χ0) is 18.1. The summed E-state index contributed by atoms with van der Waals surface area (Å²) < 4.78 is 0. The van der Waals surface area contributed by atoms with Crippen LogP contribution in [0.15, 0.2) is 36.4 Å². The second kappa shape index (κ2) is 6.71. The molecule has 3 rings (SSSR count). The van der Waals surface area contributed by atoms with Gasteiger partial charge in [-0.3, -0.25) is 9.59 Å². The molecule has 0 aliphatic heterocycles. The highest BCUT2D eigenvalue weighted by molar-refractivity contribution is 6.03. The number of para-hydroxylation sites is 1. The van der Waals surface area contributed by atoms with Crippen molar-refractivity contribution in [3.8, 4) is 0 Å². The number of carbonyl (C=O) groups is 2. The molecule has 1 fully saturated rings. The van der Waals surface area contributed by atoms with E-state index in [4.69, 9.17) is 0 Å². The zero-order valence-corrected chi connectivity index (χ0v) is 15.1. The van der Waals surface area contributed by atoms with Crippen molar-refractivity contribution in [1.82, 2.24) is 0 Å². The van der Waals surface area contributed by atoms with Crippen molar-refractivity contribution in [3.63, 3.8) is 0 Å². The molecule has 2 aromatic carbocycles. The van der Waals surface area contributed by atoms with Crippen molar-refractivity contribution in [1.29, 1.82) is 0 Å². The van der Waals surface area contributed by atoms with Gasteiger partial charge in [-0.05, 0) is 56.9 Å². The van der Waals surface area contributed by atoms with Crippen molar-refractivity contribution in [2.75, 3.05) is 10.6 Å². The quantitative estimate of drug-likeness (QED) is 0.882. The summed E-state index contributed by atoms with van der Waals surface area (Å²) in [5, 5.41) is 5.94. The maximum atomic E-state index is 12.5. The third kappa shape index (κ3) is 3.73. The van der Waals surface area contributed by atoms with Crippen LogP contribution in [0.5, 0.6) is 0 Å². The molecule has 0 saturated heterocycles. The Morgan fingerprint density at radius 1 is 0.840 bits per heavy atom. The van der Waals surface area contributed by atoms with Gasteiger partial charge in [0.1, 0.15) is 0 Å². The lowest BCUT2D eigenvalue weighted by atomic mass is 10.1. The topological polar surface area (TPSA) is 58.2 Å². The van der Waals surface area contributed by atoms with Crippen molar-refractivity contribution in [3.05, 3.63) is 58.7 Å². The van der Waals surface area contributed by atoms with Crippen LogP contribution in [-0.2, 0) is 9.59 Å². The lowest BCUT2D eigenvalue weighted by Crippen LogP contribution is -2.21. The molecule has 1 aliphatic carbocycles. The van der Waals surface area contributed by atoms with Crippen molar-refractivity contribution in [2.24, 2.45) is 11.8 Å². The number of benzene rings is 2. The van der Waals surface area contributed by atoms with Crippen LogP contribution in [0.25, 0.3) is 0 Å². The largest absolute Gasteiger partial charge is 0.326 e. The lowest BCUT2D eigenvalue weighted by molar-refractivity contribution is -0.122. The first kappa shape index (κ1) is 17.2. The first-order valence-corrected chi connectivity index (χ1v) is 8.62. The first-order chi connectivity index (χ1) is 11.9. The number of nitrogens with one attached hydrogen (secondary N) is 2. The molecule has 1 aliphatic rings. The fourth-order valence-electron chi connectivity index (χ4n) is 3.18. The monoisotopic (exact) mass is 336 g/mol. The van der Waals surface area contributed by atoms with Gasteiger partial charge in [-0.1, -0.05) is 35.9 Å². The summed E-state index contributed by atoms with van der Waals surface area (Å²) in [6.45, 7) is 7.94. The molecule has 2 N–H and O–H groups in total. The molecule has 0 bridgehead atoms. The molecule has 2 aromatic rings. The summed E-state index contributed by atoms with van der Waals surface area (Å²) in [6.07, 6.45) is 0.605.